The number of nitrogens with zero attached hydrogens (tertiary/aromatic N) is 2. The molecule has 376 valence electrons. The monoisotopic (exact) mass is 982 g/mol. The van der Waals surface area contributed by atoms with Crippen LogP contribution in [0.25, 0.3) is 33.4 Å². The van der Waals surface area contributed by atoms with Crippen LogP contribution in [0.3, 0.4) is 0 Å². The van der Waals surface area contributed by atoms with E-state index in [0.717, 1.165) is 76.4 Å². The normalized spacial score (nSPS) is 19.3. The van der Waals surface area contributed by atoms with Crippen LogP contribution in [0.2, 0.25) is 0 Å². The fourth-order valence-corrected chi connectivity index (χ4v) is 14.5. The molecule has 0 bridgehead atoms. The largest absolute Gasteiger partial charge is 0.311 e. The van der Waals surface area contributed by atoms with Crippen molar-refractivity contribution in [3.63, 3.8) is 0 Å². The molecule has 0 unspecified atom stereocenters. The molecule has 0 N–H and O–H groups in total. The van der Waals surface area contributed by atoms with Crippen molar-refractivity contribution >= 4 is 57.2 Å². The van der Waals surface area contributed by atoms with Crippen molar-refractivity contribution in [1.82, 2.24) is 0 Å². The molecule has 5 aliphatic rings. The highest BCUT2D eigenvalue weighted by Gasteiger charge is 2.48. The summed E-state index contributed by atoms with van der Waals surface area (Å²) in [7, 11) is 0. The zero-order valence-electron chi connectivity index (χ0n) is 49.7. The van der Waals surface area contributed by atoms with Gasteiger partial charge in [-0.05, 0) is 197 Å². The number of aryl methyl sites for hydroxylation is 1. The molecule has 0 fully saturated rings. The fourth-order valence-electron chi connectivity index (χ4n) is 14.5. The van der Waals surface area contributed by atoms with Gasteiger partial charge >= 0.3 is 0 Å². The summed E-state index contributed by atoms with van der Waals surface area (Å²) in [5.74, 6) is 0. The van der Waals surface area contributed by atoms with Gasteiger partial charge in [0.1, 0.15) is 0 Å². The molecule has 3 aliphatic carbocycles. The first-order chi connectivity index (χ1) is 36.7. The van der Waals surface area contributed by atoms with E-state index < -0.39 is 6.85 Å². The second-order valence-electron chi connectivity index (χ2n) is 27.3. The van der Waals surface area contributed by atoms with Gasteiger partial charge in [-0.25, -0.2) is 0 Å². The standard InChI is InChI=1S/C72H75BN2/c1-44-37-63-66-64(38-44)75(60-32-28-47(67(2,3)4)40-51(60)45-21-16-15-17-22-45)61-31-27-46(49-24-20-26-54-65(49)50-23-18-19-25-52(50)72(54,13)14)39-58(61)73(66)59-42-56-57(71(11,12)36-35-70(56,9)10)43-62(59)74(63)48-29-30-53-55(41-48)69(7,8)34-33-68(53,5)6/h15-32,37-43H,33-36H2,1-14H3/i1D3. The number of benzene rings is 8. The highest BCUT2D eigenvalue weighted by atomic mass is 15.2. The molecule has 0 amide bonds. The van der Waals surface area contributed by atoms with Gasteiger partial charge in [-0.1, -0.05) is 193 Å². The molecule has 2 nitrogen and oxygen atoms in total. The van der Waals surface area contributed by atoms with Crippen LogP contribution in [-0.4, -0.2) is 6.71 Å². The number of anilines is 6. The maximum Gasteiger partial charge on any atom is 0.252 e. The smallest absolute Gasteiger partial charge is 0.252 e. The third-order valence-corrected chi connectivity index (χ3v) is 19.2. The molecule has 0 saturated carbocycles. The van der Waals surface area contributed by atoms with E-state index in [0.29, 0.717) is 5.56 Å². The molecule has 0 radical (unpaired) electrons. The minimum absolute atomic E-state index is 0.0287. The molecule has 75 heavy (non-hydrogen) atoms. The van der Waals surface area contributed by atoms with E-state index in [-0.39, 0.29) is 39.2 Å². The Morgan fingerprint density at radius 2 is 1.01 bits per heavy atom. The third-order valence-electron chi connectivity index (χ3n) is 19.2. The maximum atomic E-state index is 9.34. The van der Waals surface area contributed by atoms with Crippen molar-refractivity contribution in [3.05, 3.63) is 196 Å². The summed E-state index contributed by atoms with van der Waals surface area (Å²) in [6.07, 6.45) is 4.40. The Morgan fingerprint density at radius 3 is 1.71 bits per heavy atom. The molecule has 0 spiro atoms. The van der Waals surface area contributed by atoms with E-state index in [2.05, 4.69) is 239 Å². The molecule has 3 heteroatoms. The van der Waals surface area contributed by atoms with Gasteiger partial charge in [-0.15, -0.1) is 0 Å². The average molecular weight is 982 g/mol. The van der Waals surface area contributed by atoms with Gasteiger partial charge in [-0.3, -0.25) is 0 Å². The first-order valence-corrected chi connectivity index (χ1v) is 27.9. The van der Waals surface area contributed by atoms with Crippen molar-refractivity contribution in [2.24, 2.45) is 0 Å². The molecule has 0 atom stereocenters. The molecule has 2 heterocycles. The van der Waals surface area contributed by atoms with Gasteiger partial charge in [0.05, 0.1) is 5.69 Å². The number of fused-ring (bicyclic) bond motifs is 9. The summed E-state index contributed by atoms with van der Waals surface area (Å²) in [4.78, 5) is 4.94. The van der Waals surface area contributed by atoms with E-state index in [9.17, 15) is 4.11 Å². The van der Waals surface area contributed by atoms with Crippen LogP contribution >= 0.6 is 0 Å². The van der Waals surface area contributed by atoms with Crippen LogP contribution < -0.4 is 26.2 Å². The predicted molar refractivity (Wildman–Crippen MR) is 323 cm³/mol. The summed E-state index contributed by atoms with van der Waals surface area (Å²) in [5.41, 5.74) is 26.4. The lowest BCUT2D eigenvalue weighted by Gasteiger charge is -2.48. The Balaban J connectivity index is 1.18. The van der Waals surface area contributed by atoms with Crippen molar-refractivity contribution < 1.29 is 4.11 Å². The van der Waals surface area contributed by atoms with Crippen LogP contribution in [0, 0.1) is 6.85 Å². The highest BCUT2D eigenvalue weighted by molar-refractivity contribution is 7.00. The van der Waals surface area contributed by atoms with Gasteiger partial charge in [0.25, 0.3) is 6.71 Å². The highest BCUT2D eigenvalue weighted by Crippen LogP contribution is 2.55. The zero-order valence-corrected chi connectivity index (χ0v) is 46.7. The van der Waals surface area contributed by atoms with E-state index in [1.54, 1.807) is 0 Å². The Kier molecular flexibility index (Phi) is 9.53. The molecular formula is C72H75BN2. The quantitative estimate of drug-likeness (QED) is 0.162. The summed E-state index contributed by atoms with van der Waals surface area (Å²) < 4.78 is 28.0. The van der Waals surface area contributed by atoms with E-state index in [1.165, 1.54) is 72.1 Å². The van der Waals surface area contributed by atoms with Crippen LogP contribution in [0.1, 0.15) is 164 Å². The average Bonchev–Trinajstić information content (AvgIpc) is 2.90. The van der Waals surface area contributed by atoms with Crippen LogP contribution in [-0.2, 0) is 32.5 Å². The lowest BCUT2D eigenvalue weighted by Crippen LogP contribution is -2.62. The summed E-state index contributed by atoms with van der Waals surface area (Å²) in [6.45, 7) is 28.3. The van der Waals surface area contributed by atoms with Crippen molar-refractivity contribution in [2.75, 3.05) is 9.80 Å². The SMILES string of the molecule is [2H]C([2H])([2H])c1cc2c3c(c1)N(c1ccc(C(C)(C)C)cc1-c1ccccc1)c1ccc(-c4cccc5c4-c4ccccc4C5(C)C)cc1B3c1cc3c(cc1N2c1ccc2c(c1)C(C)(C)CCC2(C)C)C(C)(C)CCC3(C)C. The first-order valence-electron chi connectivity index (χ1n) is 29.4. The summed E-state index contributed by atoms with van der Waals surface area (Å²) in [5, 5.41) is 0. The van der Waals surface area contributed by atoms with E-state index in [1.807, 2.05) is 12.1 Å². The van der Waals surface area contributed by atoms with Crippen molar-refractivity contribution in [1.29, 1.82) is 0 Å². The van der Waals surface area contributed by atoms with Crippen LogP contribution in [0.4, 0.5) is 34.1 Å². The van der Waals surface area contributed by atoms with Crippen molar-refractivity contribution in [2.45, 2.75) is 155 Å². The zero-order chi connectivity index (χ0) is 55.0. The van der Waals surface area contributed by atoms with Crippen LogP contribution in [0.15, 0.2) is 152 Å². The Morgan fingerprint density at radius 1 is 0.427 bits per heavy atom. The van der Waals surface area contributed by atoms with Crippen molar-refractivity contribution in [3.8, 4) is 33.4 Å². The third kappa shape index (κ3) is 7.11. The summed E-state index contributed by atoms with van der Waals surface area (Å²) in [6, 6.07) is 57.3. The Bertz CT molecular complexity index is 3830. The van der Waals surface area contributed by atoms with Crippen LogP contribution in [0.5, 0.6) is 0 Å². The van der Waals surface area contributed by atoms with Gasteiger partial charge in [-0.2, -0.15) is 0 Å². The molecule has 0 aromatic heterocycles. The van der Waals surface area contributed by atoms with Gasteiger partial charge in [0.15, 0.2) is 0 Å². The number of hydrogen-bond acceptors (Lipinski definition) is 2. The fraction of sp³-hybridized carbons (Fsp3) is 0.333. The lowest BCUT2D eigenvalue weighted by molar-refractivity contribution is 0.332. The molecular weight excluding hydrogens is 904 g/mol. The second-order valence-corrected chi connectivity index (χ2v) is 27.3. The Labute approximate surface area is 453 Å². The Hall–Kier alpha value is -6.58. The number of hydrogen-bond donors (Lipinski definition) is 0. The van der Waals surface area contributed by atoms with Gasteiger partial charge in [0, 0.05) is 43.5 Å². The number of rotatable bonds is 4. The molecule has 8 aromatic carbocycles. The minimum Gasteiger partial charge on any atom is -0.311 e. The van der Waals surface area contributed by atoms with Gasteiger partial charge in [0.2, 0.25) is 0 Å². The molecule has 8 aromatic rings. The lowest BCUT2D eigenvalue weighted by atomic mass is 9.33. The molecule has 13 rings (SSSR count). The molecule has 0 saturated heterocycles. The van der Waals surface area contributed by atoms with E-state index >= 15 is 0 Å². The van der Waals surface area contributed by atoms with E-state index in [4.69, 9.17) is 0 Å². The van der Waals surface area contributed by atoms with Gasteiger partial charge < -0.3 is 9.80 Å². The maximum absolute atomic E-state index is 9.34. The predicted octanol–water partition coefficient (Wildman–Crippen LogP) is 17.7. The molecule has 2 aliphatic heterocycles. The minimum atomic E-state index is -2.40. The topological polar surface area (TPSA) is 6.48 Å². The summed E-state index contributed by atoms with van der Waals surface area (Å²) >= 11 is 0. The first kappa shape index (κ1) is 44.7. The second kappa shape index (κ2) is 16.0.